The molecule has 0 saturated carbocycles. The van der Waals surface area contributed by atoms with E-state index in [-0.39, 0.29) is 24.0 Å². The molecule has 0 aliphatic carbocycles. The van der Waals surface area contributed by atoms with E-state index in [1.807, 2.05) is 0 Å². The van der Waals surface area contributed by atoms with Crippen molar-refractivity contribution in [2.75, 3.05) is 13.1 Å². The SMILES string of the molecule is Cc1[nH]c(=O)[nH]c(=O)c1C=NNC1=NCCN1.I. The molecule has 18 heavy (non-hydrogen) atoms. The first-order chi connectivity index (χ1) is 8.16. The van der Waals surface area contributed by atoms with Gasteiger partial charge < -0.3 is 10.3 Å². The van der Waals surface area contributed by atoms with Crippen LogP contribution >= 0.6 is 24.0 Å². The summed E-state index contributed by atoms with van der Waals surface area (Å²) in [7, 11) is 0. The first-order valence-electron chi connectivity index (χ1n) is 5.07. The zero-order valence-electron chi connectivity index (χ0n) is 9.61. The topological polar surface area (TPSA) is 114 Å². The van der Waals surface area contributed by atoms with E-state index in [4.69, 9.17) is 0 Å². The van der Waals surface area contributed by atoms with Crippen molar-refractivity contribution in [3.63, 3.8) is 0 Å². The molecule has 1 aromatic heterocycles. The molecule has 1 aliphatic rings. The average molecular weight is 364 g/mol. The number of rotatable bonds is 2. The third-order valence-corrected chi connectivity index (χ3v) is 2.21. The predicted molar refractivity (Wildman–Crippen MR) is 78.9 cm³/mol. The van der Waals surface area contributed by atoms with Crippen LogP contribution in [0.3, 0.4) is 0 Å². The molecule has 2 heterocycles. The maximum absolute atomic E-state index is 11.4. The van der Waals surface area contributed by atoms with Crippen LogP contribution in [-0.4, -0.2) is 35.2 Å². The van der Waals surface area contributed by atoms with Gasteiger partial charge in [0, 0.05) is 12.2 Å². The number of nitrogens with one attached hydrogen (secondary N) is 4. The molecule has 9 heteroatoms. The summed E-state index contributed by atoms with van der Waals surface area (Å²) in [6, 6.07) is 0. The Hall–Kier alpha value is -1.65. The summed E-state index contributed by atoms with van der Waals surface area (Å²) in [5.41, 5.74) is 2.43. The lowest BCUT2D eigenvalue weighted by molar-refractivity contribution is 0.918. The quantitative estimate of drug-likeness (QED) is 0.302. The Bertz CT molecular complexity index is 587. The molecule has 2 rings (SSSR count). The first kappa shape index (κ1) is 14.4. The van der Waals surface area contributed by atoms with Gasteiger partial charge in [-0.15, -0.1) is 24.0 Å². The fraction of sp³-hybridized carbons (Fsp3) is 0.333. The zero-order chi connectivity index (χ0) is 12.3. The average Bonchev–Trinajstić information content (AvgIpc) is 2.74. The molecule has 1 aliphatic heterocycles. The smallest absolute Gasteiger partial charge is 0.325 e. The zero-order valence-corrected chi connectivity index (χ0v) is 11.9. The van der Waals surface area contributed by atoms with Gasteiger partial charge in [0.05, 0.1) is 18.3 Å². The Balaban J connectivity index is 0.00000162. The number of hydrogen-bond acceptors (Lipinski definition) is 6. The monoisotopic (exact) mass is 364 g/mol. The number of hydrogen-bond donors (Lipinski definition) is 4. The van der Waals surface area contributed by atoms with Gasteiger partial charge in [-0.3, -0.25) is 9.78 Å². The van der Waals surface area contributed by atoms with E-state index in [2.05, 4.69) is 30.8 Å². The highest BCUT2D eigenvalue weighted by Crippen LogP contribution is 1.89. The second-order valence-corrected chi connectivity index (χ2v) is 3.47. The highest BCUT2D eigenvalue weighted by atomic mass is 127. The first-order valence-corrected chi connectivity index (χ1v) is 5.07. The van der Waals surface area contributed by atoms with E-state index in [0.717, 1.165) is 6.54 Å². The lowest BCUT2D eigenvalue weighted by Gasteiger charge is -2.00. The van der Waals surface area contributed by atoms with Crippen LogP contribution in [0.4, 0.5) is 0 Å². The van der Waals surface area contributed by atoms with Crippen LogP contribution in [0.5, 0.6) is 0 Å². The van der Waals surface area contributed by atoms with Crippen LogP contribution < -0.4 is 22.0 Å². The molecule has 0 amide bonds. The summed E-state index contributed by atoms with van der Waals surface area (Å²) in [4.78, 5) is 31.1. The Morgan fingerprint density at radius 3 is 2.78 bits per heavy atom. The molecule has 0 saturated heterocycles. The van der Waals surface area contributed by atoms with E-state index in [0.29, 0.717) is 23.8 Å². The molecule has 0 atom stereocenters. The third kappa shape index (κ3) is 3.42. The lowest BCUT2D eigenvalue weighted by Crippen LogP contribution is -2.31. The molecule has 8 nitrogen and oxygen atoms in total. The van der Waals surface area contributed by atoms with E-state index >= 15 is 0 Å². The minimum absolute atomic E-state index is 0. The third-order valence-electron chi connectivity index (χ3n) is 2.21. The summed E-state index contributed by atoms with van der Waals surface area (Å²) in [6.07, 6.45) is 1.34. The maximum Gasteiger partial charge on any atom is 0.325 e. The van der Waals surface area contributed by atoms with Gasteiger partial charge in [0.2, 0.25) is 5.96 Å². The van der Waals surface area contributed by atoms with Crippen LogP contribution in [0, 0.1) is 6.92 Å². The largest absolute Gasteiger partial charge is 0.353 e. The Kier molecular flexibility index (Phi) is 5.07. The summed E-state index contributed by atoms with van der Waals surface area (Å²) in [5.74, 6) is 0.569. The fourth-order valence-corrected chi connectivity index (χ4v) is 1.40. The Morgan fingerprint density at radius 2 is 2.17 bits per heavy atom. The van der Waals surface area contributed by atoms with Crippen LogP contribution in [0.15, 0.2) is 19.7 Å². The minimum Gasteiger partial charge on any atom is -0.353 e. The number of aromatic amines is 2. The number of nitrogens with zero attached hydrogens (tertiary/aromatic N) is 2. The number of aryl methyl sites for hydroxylation is 1. The van der Waals surface area contributed by atoms with Crippen molar-refractivity contribution in [2.24, 2.45) is 10.1 Å². The molecule has 0 fully saturated rings. The standard InChI is InChI=1S/C9H12N6O2.HI/c1-5-6(7(16)14-9(17)13-5)4-12-15-8-10-2-3-11-8;/h4H,2-3H2,1H3,(H2,10,11,15)(H2,13,14,16,17);1H. The van der Waals surface area contributed by atoms with Gasteiger partial charge in [-0.1, -0.05) is 0 Å². The number of halogens is 1. The molecular weight excluding hydrogens is 351 g/mol. The molecule has 4 N–H and O–H groups in total. The normalized spacial score (nSPS) is 13.9. The van der Waals surface area contributed by atoms with E-state index in [9.17, 15) is 9.59 Å². The Labute approximate surface area is 119 Å². The van der Waals surface area contributed by atoms with Crippen molar-refractivity contribution in [1.29, 1.82) is 0 Å². The summed E-state index contributed by atoms with van der Waals surface area (Å²) >= 11 is 0. The predicted octanol–water partition coefficient (Wildman–Crippen LogP) is -1.13. The van der Waals surface area contributed by atoms with E-state index in [1.165, 1.54) is 6.21 Å². The second-order valence-electron chi connectivity index (χ2n) is 3.47. The summed E-state index contributed by atoms with van der Waals surface area (Å²) in [6.45, 7) is 3.11. The van der Waals surface area contributed by atoms with Crippen LogP contribution in [0.1, 0.15) is 11.3 Å². The highest BCUT2D eigenvalue weighted by molar-refractivity contribution is 14.0. The van der Waals surface area contributed by atoms with Crippen molar-refractivity contribution in [3.05, 3.63) is 32.1 Å². The molecule has 0 unspecified atom stereocenters. The van der Waals surface area contributed by atoms with Gasteiger partial charge >= 0.3 is 5.69 Å². The van der Waals surface area contributed by atoms with Gasteiger partial charge in [0.25, 0.3) is 5.56 Å². The number of hydrazone groups is 1. The summed E-state index contributed by atoms with van der Waals surface area (Å²) in [5, 5.41) is 6.83. The molecule has 1 aromatic rings. The van der Waals surface area contributed by atoms with Crippen molar-refractivity contribution in [3.8, 4) is 0 Å². The van der Waals surface area contributed by atoms with Crippen LogP contribution in [0.2, 0.25) is 0 Å². The number of aliphatic imine (C=N–C) groups is 1. The molecule has 0 aromatic carbocycles. The molecule has 0 radical (unpaired) electrons. The molecule has 0 spiro atoms. The molecular formula is C9H13IN6O2. The van der Waals surface area contributed by atoms with Crippen molar-refractivity contribution < 1.29 is 0 Å². The number of aromatic nitrogens is 2. The van der Waals surface area contributed by atoms with Crippen molar-refractivity contribution in [2.45, 2.75) is 6.92 Å². The van der Waals surface area contributed by atoms with Crippen molar-refractivity contribution >= 4 is 36.2 Å². The van der Waals surface area contributed by atoms with Gasteiger partial charge in [0.1, 0.15) is 0 Å². The lowest BCUT2D eigenvalue weighted by atomic mass is 10.2. The van der Waals surface area contributed by atoms with Crippen LogP contribution in [-0.2, 0) is 0 Å². The molecule has 98 valence electrons. The number of guanidine groups is 1. The van der Waals surface area contributed by atoms with Gasteiger partial charge in [-0.25, -0.2) is 15.2 Å². The van der Waals surface area contributed by atoms with Gasteiger partial charge in [-0.2, -0.15) is 5.10 Å². The van der Waals surface area contributed by atoms with Gasteiger partial charge in [0.15, 0.2) is 0 Å². The maximum atomic E-state index is 11.4. The molecule has 0 bridgehead atoms. The Morgan fingerprint density at radius 1 is 1.39 bits per heavy atom. The summed E-state index contributed by atoms with van der Waals surface area (Å²) < 4.78 is 0. The van der Waals surface area contributed by atoms with E-state index in [1.54, 1.807) is 6.92 Å². The second kappa shape index (κ2) is 6.33. The van der Waals surface area contributed by atoms with Crippen molar-refractivity contribution in [1.82, 2.24) is 20.7 Å². The van der Waals surface area contributed by atoms with Crippen LogP contribution in [0.25, 0.3) is 0 Å². The highest BCUT2D eigenvalue weighted by Gasteiger charge is 2.04. The number of H-pyrrole nitrogens is 2. The minimum atomic E-state index is -0.528. The fourth-order valence-electron chi connectivity index (χ4n) is 1.40. The van der Waals surface area contributed by atoms with E-state index < -0.39 is 11.2 Å². The van der Waals surface area contributed by atoms with Gasteiger partial charge in [-0.05, 0) is 6.92 Å².